The predicted octanol–water partition coefficient (Wildman–Crippen LogP) is 5.66. The number of carbonyl (C=O) groups is 1. The summed E-state index contributed by atoms with van der Waals surface area (Å²) in [5.41, 5.74) is -0.966. The number of nitrogens with zero attached hydrogens (tertiary/aromatic N) is 1. The van der Waals surface area contributed by atoms with E-state index in [2.05, 4.69) is 4.98 Å². The van der Waals surface area contributed by atoms with Crippen LogP contribution in [0.5, 0.6) is 17.4 Å². The van der Waals surface area contributed by atoms with Gasteiger partial charge in [-0.05, 0) is 50.6 Å². The minimum Gasteiger partial charge on any atom is -0.479 e. The maximum atomic E-state index is 12.6. The number of benzene rings is 1. The molecule has 0 spiro atoms. The Morgan fingerprint density at radius 3 is 2.32 bits per heavy atom. The molecule has 0 saturated carbocycles. The van der Waals surface area contributed by atoms with Crippen LogP contribution in [0.15, 0.2) is 36.5 Å². The van der Waals surface area contributed by atoms with Crippen molar-refractivity contribution < 1.29 is 32.2 Å². The number of halogens is 4. The fourth-order valence-corrected chi connectivity index (χ4v) is 2.19. The Hall–Kier alpha value is -2.48. The molecule has 9 heteroatoms. The molecule has 5 nitrogen and oxygen atoms in total. The molecule has 1 aromatic heterocycles. The van der Waals surface area contributed by atoms with E-state index in [1.54, 1.807) is 26.0 Å². The zero-order chi connectivity index (χ0) is 20.9. The number of hydrogen-bond acceptors (Lipinski definition) is 5. The number of carbonyl (C=O) groups excluding carboxylic acids is 1. The second-order valence-corrected chi connectivity index (χ2v) is 6.41. The Labute approximate surface area is 165 Å². The molecular formula is C19H19ClF3NO4. The molecule has 0 N–H and O–H groups in total. The zero-order valence-corrected chi connectivity index (χ0v) is 16.2. The maximum Gasteiger partial charge on any atom is 0.417 e. The molecule has 0 saturated heterocycles. The minimum atomic E-state index is -4.54. The van der Waals surface area contributed by atoms with Crippen LogP contribution < -0.4 is 9.47 Å². The molecule has 2 aromatic rings. The average molecular weight is 418 g/mol. The van der Waals surface area contributed by atoms with Crippen molar-refractivity contribution in [2.24, 2.45) is 0 Å². The highest BCUT2D eigenvalue weighted by Gasteiger charge is 2.31. The highest BCUT2D eigenvalue weighted by atomic mass is 35.5. The molecule has 1 heterocycles. The molecule has 2 atom stereocenters. The van der Waals surface area contributed by atoms with Crippen LogP contribution in [-0.2, 0) is 15.7 Å². The van der Waals surface area contributed by atoms with Crippen molar-refractivity contribution in [1.29, 1.82) is 0 Å². The van der Waals surface area contributed by atoms with E-state index >= 15 is 0 Å². The molecule has 152 valence electrons. The number of esters is 1. The Bertz CT molecular complexity index is 812. The normalized spacial score (nSPS) is 13.5. The molecule has 1 aromatic carbocycles. The standard InChI is InChI=1S/C19H19ClF3NO4/c1-4-11(2)26-18(25)12(3)27-14-5-7-15(8-6-14)28-17-16(20)9-13(10-24-17)19(21,22)23/h5-12H,4H2,1-3H3. The molecular weight excluding hydrogens is 399 g/mol. The fraction of sp³-hybridized carbons (Fsp3) is 0.368. The van der Waals surface area contributed by atoms with Crippen LogP contribution in [-0.4, -0.2) is 23.2 Å². The van der Waals surface area contributed by atoms with Gasteiger partial charge in [-0.1, -0.05) is 18.5 Å². The van der Waals surface area contributed by atoms with E-state index in [-0.39, 0.29) is 22.8 Å². The van der Waals surface area contributed by atoms with E-state index in [0.29, 0.717) is 18.4 Å². The van der Waals surface area contributed by atoms with Crippen LogP contribution in [0.4, 0.5) is 13.2 Å². The number of aromatic nitrogens is 1. The second kappa shape index (κ2) is 9.14. The molecule has 0 aliphatic carbocycles. The van der Waals surface area contributed by atoms with Gasteiger partial charge in [0.2, 0.25) is 5.88 Å². The van der Waals surface area contributed by atoms with Crippen LogP contribution in [0.3, 0.4) is 0 Å². The lowest BCUT2D eigenvalue weighted by atomic mass is 10.3. The van der Waals surface area contributed by atoms with Crippen LogP contribution in [0.1, 0.15) is 32.8 Å². The van der Waals surface area contributed by atoms with Gasteiger partial charge >= 0.3 is 12.1 Å². The first-order valence-corrected chi connectivity index (χ1v) is 8.85. The SMILES string of the molecule is CCC(C)OC(=O)C(C)Oc1ccc(Oc2ncc(C(F)(F)F)cc2Cl)cc1. The van der Waals surface area contributed by atoms with E-state index in [1.807, 2.05) is 6.92 Å². The number of rotatable bonds is 7. The summed E-state index contributed by atoms with van der Waals surface area (Å²) in [6.45, 7) is 5.26. The van der Waals surface area contributed by atoms with Crippen LogP contribution in [0.25, 0.3) is 0 Å². The molecule has 0 aliphatic heterocycles. The summed E-state index contributed by atoms with van der Waals surface area (Å²) in [5, 5.41) is -0.267. The lowest BCUT2D eigenvalue weighted by Crippen LogP contribution is -2.28. The first-order chi connectivity index (χ1) is 13.1. The fourth-order valence-electron chi connectivity index (χ4n) is 1.98. The van der Waals surface area contributed by atoms with Crippen molar-refractivity contribution in [3.8, 4) is 17.4 Å². The Morgan fingerprint density at radius 2 is 1.79 bits per heavy atom. The van der Waals surface area contributed by atoms with Crippen molar-refractivity contribution in [2.75, 3.05) is 0 Å². The van der Waals surface area contributed by atoms with Crippen molar-refractivity contribution in [1.82, 2.24) is 4.98 Å². The molecule has 28 heavy (non-hydrogen) atoms. The monoisotopic (exact) mass is 417 g/mol. The Morgan fingerprint density at radius 1 is 1.18 bits per heavy atom. The lowest BCUT2D eigenvalue weighted by Gasteiger charge is -2.17. The summed E-state index contributed by atoms with van der Waals surface area (Å²) >= 11 is 5.81. The summed E-state index contributed by atoms with van der Waals surface area (Å²) in [6, 6.07) is 6.85. The van der Waals surface area contributed by atoms with Crippen LogP contribution in [0.2, 0.25) is 5.02 Å². The van der Waals surface area contributed by atoms with Crippen LogP contribution >= 0.6 is 11.6 Å². The highest BCUT2D eigenvalue weighted by molar-refractivity contribution is 6.31. The van der Waals surface area contributed by atoms with Crippen molar-refractivity contribution >= 4 is 17.6 Å². The van der Waals surface area contributed by atoms with E-state index < -0.39 is 23.8 Å². The summed E-state index contributed by atoms with van der Waals surface area (Å²) in [4.78, 5) is 15.5. The smallest absolute Gasteiger partial charge is 0.417 e. The van der Waals surface area contributed by atoms with E-state index in [0.717, 1.165) is 6.07 Å². The number of pyridine rings is 1. The molecule has 0 fully saturated rings. The minimum absolute atomic E-state index is 0.158. The van der Waals surface area contributed by atoms with E-state index in [4.69, 9.17) is 25.8 Å². The van der Waals surface area contributed by atoms with Gasteiger partial charge in [0, 0.05) is 6.20 Å². The second-order valence-electron chi connectivity index (χ2n) is 6.00. The van der Waals surface area contributed by atoms with Gasteiger partial charge in [-0.15, -0.1) is 0 Å². The number of hydrogen-bond donors (Lipinski definition) is 0. The third-order valence-corrected chi connectivity index (χ3v) is 3.98. The first kappa shape index (κ1) is 21.8. The summed E-state index contributed by atoms with van der Waals surface area (Å²) in [6.07, 6.45) is -4.20. The molecule has 0 amide bonds. The van der Waals surface area contributed by atoms with Gasteiger partial charge in [0.25, 0.3) is 0 Å². The summed E-state index contributed by atoms with van der Waals surface area (Å²) in [7, 11) is 0. The Kier molecular flexibility index (Phi) is 7.12. The third kappa shape index (κ3) is 6.02. The summed E-state index contributed by atoms with van der Waals surface area (Å²) < 4.78 is 54.0. The predicted molar refractivity (Wildman–Crippen MR) is 96.7 cm³/mol. The van der Waals surface area contributed by atoms with Crippen molar-refractivity contribution in [2.45, 2.75) is 45.6 Å². The largest absolute Gasteiger partial charge is 0.479 e. The first-order valence-electron chi connectivity index (χ1n) is 8.48. The van der Waals surface area contributed by atoms with Gasteiger partial charge < -0.3 is 14.2 Å². The van der Waals surface area contributed by atoms with Gasteiger partial charge in [0.05, 0.1) is 11.7 Å². The van der Waals surface area contributed by atoms with Gasteiger partial charge in [-0.25, -0.2) is 9.78 Å². The lowest BCUT2D eigenvalue weighted by molar-refractivity contribution is -0.155. The molecule has 2 unspecified atom stereocenters. The quantitative estimate of drug-likeness (QED) is 0.544. The topological polar surface area (TPSA) is 57.7 Å². The Balaban J connectivity index is 2.00. The van der Waals surface area contributed by atoms with Crippen molar-refractivity contribution in [3.05, 3.63) is 47.1 Å². The number of ether oxygens (including phenoxy) is 3. The van der Waals surface area contributed by atoms with E-state index in [9.17, 15) is 18.0 Å². The highest BCUT2D eigenvalue weighted by Crippen LogP contribution is 2.34. The average Bonchev–Trinajstić information content (AvgIpc) is 2.63. The number of alkyl halides is 3. The van der Waals surface area contributed by atoms with Gasteiger partial charge in [0.1, 0.15) is 16.5 Å². The molecule has 2 rings (SSSR count). The van der Waals surface area contributed by atoms with Gasteiger partial charge in [-0.2, -0.15) is 13.2 Å². The molecule has 0 aliphatic rings. The van der Waals surface area contributed by atoms with Gasteiger partial charge in [0.15, 0.2) is 6.10 Å². The zero-order valence-electron chi connectivity index (χ0n) is 15.4. The maximum absolute atomic E-state index is 12.6. The summed E-state index contributed by atoms with van der Waals surface area (Å²) in [5.74, 6) is 0.0491. The van der Waals surface area contributed by atoms with E-state index in [1.165, 1.54) is 12.1 Å². The van der Waals surface area contributed by atoms with Gasteiger partial charge in [-0.3, -0.25) is 0 Å². The molecule has 0 radical (unpaired) electrons. The van der Waals surface area contributed by atoms with Crippen molar-refractivity contribution in [3.63, 3.8) is 0 Å². The van der Waals surface area contributed by atoms with Crippen LogP contribution in [0, 0.1) is 0 Å². The third-order valence-electron chi connectivity index (χ3n) is 3.71. The molecule has 0 bridgehead atoms.